The first kappa shape index (κ1) is 13.0. The van der Waals surface area contributed by atoms with Crippen LogP contribution in [0.15, 0.2) is 42.5 Å². The third kappa shape index (κ3) is 3.52. The van der Waals surface area contributed by atoms with Crippen LogP contribution in [-0.2, 0) is 13.1 Å². The SMILES string of the molecule is Fc1ccc(CNCc2ccc(F)cc2Cl)cc1. The Kier molecular flexibility index (Phi) is 4.28. The Balaban J connectivity index is 1.90. The topological polar surface area (TPSA) is 12.0 Å². The molecule has 0 saturated heterocycles. The highest BCUT2D eigenvalue weighted by Gasteiger charge is 2.01. The predicted octanol–water partition coefficient (Wildman–Crippen LogP) is 3.91. The van der Waals surface area contributed by atoms with E-state index >= 15 is 0 Å². The van der Waals surface area contributed by atoms with E-state index in [4.69, 9.17) is 11.6 Å². The van der Waals surface area contributed by atoms with Gasteiger partial charge in [0, 0.05) is 18.1 Å². The molecule has 2 aromatic carbocycles. The first-order chi connectivity index (χ1) is 8.65. The van der Waals surface area contributed by atoms with Gasteiger partial charge in [-0.1, -0.05) is 29.8 Å². The Bertz CT molecular complexity index is 526. The first-order valence-corrected chi connectivity index (χ1v) is 5.92. The van der Waals surface area contributed by atoms with Crippen molar-refractivity contribution in [2.75, 3.05) is 0 Å². The second-order valence-corrected chi connectivity index (χ2v) is 4.37. The van der Waals surface area contributed by atoms with Crippen molar-refractivity contribution < 1.29 is 8.78 Å². The largest absolute Gasteiger partial charge is 0.309 e. The quantitative estimate of drug-likeness (QED) is 0.886. The molecule has 0 aliphatic rings. The normalized spacial score (nSPS) is 10.6. The minimum absolute atomic E-state index is 0.250. The van der Waals surface area contributed by atoms with Crippen molar-refractivity contribution in [1.82, 2.24) is 5.32 Å². The van der Waals surface area contributed by atoms with E-state index in [1.165, 1.54) is 24.3 Å². The van der Waals surface area contributed by atoms with Crippen molar-refractivity contribution in [2.24, 2.45) is 0 Å². The van der Waals surface area contributed by atoms with Gasteiger partial charge in [-0.2, -0.15) is 0 Å². The van der Waals surface area contributed by atoms with Gasteiger partial charge in [0.25, 0.3) is 0 Å². The Morgan fingerprint density at radius 2 is 1.56 bits per heavy atom. The number of hydrogen-bond acceptors (Lipinski definition) is 1. The van der Waals surface area contributed by atoms with Crippen LogP contribution in [-0.4, -0.2) is 0 Å². The summed E-state index contributed by atoms with van der Waals surface area (Å²) in [5.74, 6) is -0.595. The zero-order chi connectivity index (χ0) is 13.0. The summed E-state index contributed by atoms with van der Waals surface area (Å²) in [6.45, 7) is 1.14. The number of halogens is 3. The highest BCUT2D eigenvalue weighted by Crippen LogP contribution is 2.17. The van der Waals surface area contributed by atoms with E-state index in [0.29, 0.717) is 18.1 Å². The third-order valence-corrected chi connectivity index (χ3v) is 2.92. The molecule has 2 aromatic rings. The monoisotopic (exact) mass is 267 g/mol. The lowest BCUT2D eigenvalue weighted by Gasteiger charge is -2.07. The Morgan fingerprint density at radius 3 is 2.22 bits per heavy atom. The van der Waals surface area contributed by atoms with Gasteiger partial charge in [-0.15, -0.1) is 0 Å². The van der Waals surface area contributed by atoms with Gasteiger partial charge < -0.3 is 5.32 Å². The van der Waals surface area contributed by atoms with Gasteiger partial charge >= 0.3 is 0 Å². The van der Waals surface area contributed by atoms with E-state index in [1.54, 1.807) is 18.2 Å². The maximum absolute atomic E-state index is 12.8. The van der Waals surface area contributed by atoms with Gasteiger partial charge in [-0.3, -0.25) is 0 Å². The highest BCUT2D eigenvalue weighted by atomic mass is 35.5. The predicted molar refractivity (Wildman–Crippen MR) is 68.4 cm³/mol. The Hall–Kier alpha value is -1.45. The smallest absolute Gasteiger partial charge is 0.124 e. The molecule has 0 atom stereocenters. The second-order valence-electron chi connectivity index (χ2n) is 3.97. The minimum atomic E-state index is -0.345. The molecule has 0 saturated carbocycles. The molecule has 0 fully saturated rings. The average molecular weight is 268 g/mol. The zero-order valence-electron chi connectivity index (χ0n) is 9.59. The van der Waals surface area contributed by atoms with Gasteiger partial charge in [0.05, 0.1) is 0 Å². The summed E-state index contributed by atoms with van der Waals surface area (Å²) in [7, 11) is 0. The Labute approximate surface area is 109 Å². The maximum Gasteiger partial charge on any atom is 0.124 e. The molecule has 0 unspecified atom stereocenters. The summed E-state index contributed by atoms with van der Waals surface area (Å²) in [4.78, 5) is 0. The van der Waals surface area contributed by atoms with E-state index in [2.05, 4.69) is 5.32 Å². The summed E-state index contributed by atoms with van der Waals surface area (Å²) in [5, 5.41) is 3.57. The van der Waals surface area contributed by atoms with Crippen LogP contribution in [0.25, 0.3) is 0 Å². The van der Waals surface area contributed by atoms with Crippen molar-refractivity contribution in [3.8, 4) is 0 Å². The molecule has 0 radical (unpaired) electrons. The van der Waals surface area contributed by atoms with E-state index in [9.17, 15) is 8.78 Å². The molecular formula is C14H12ClF2N. The summed E-state index contributed by atoms with van der Waals surface area (Å²) >= 11 is 5.90. The molecule has 0 aliphatic heterocycles. The first-order valence-electron chi connectivity index (χ1n) is 5.54. The molecule has 0 spiro atoms. The van der Waals surface area contributed by atoms with Crippen molar-refractivity contribution in [3.05, 3.63) is 70.2 Å². The lowest BCUT2D eigenvalue weighted by atomic mass is 10.2. The van der Waals surface area contributed by atoms with Crippen molar-refractivity contribution in [1.29, 1.82) is 0 Å². The highest BCUT2D eigenvalue weighted by molar-refractivity contribution is 6.31. The molecule has 0 aliphatic carbocycles. The summed E-state index contributed by atoms with van der Waals surface area (Å²) in [5.41, 5.74) is 1.81. The van der Waals surface area contributed by atoms with Crippen LogP contribution in [0.1, 0.15) is 11.1 Å². The number of nitrogens with one attached hydrogen (secondary N) is 1. The summed E-state index contributed by atoms with van der Waals surface area (Å²) < 4.78 is 25.5. The van der Waals surface area contributed by atoms with Gasteiger partial charge in [-0.25, -0.2) is 8.78 Å². The molecular weight excluding hydrogens is 256 g/mol. The number of hydrogen-bond donors (Lipinski definition) is 1. The van der Waals surface area contributed by atoms with E-state index < -0.39 is 0 Å². The molecule has 1 N–H and O–H groups in total. The molecule has 18 heavy (non-hydrogen) atoms. The standard InChI is InChI=1S/C14H12ClF2N/c15-14-7-13(17)6-3-11(14)9-18-8-10-1-4-12(16)5-2-10/h1-7,18H,8-9H2. The average Bonchev–Trinajstić information content (AvgIpc) is 2.34. The van der Waals surface area contributed by atoms with Crippen LogP contribution in [0.3, 0.4) is 0 Å². The minimum Gasteiger partial charge on any atom is -0.309 e. The van der Waals surface area contributed by atoms with Crippen LogP contribution >= 0.6 is 11.6 Å². The fourth-order valence-corrected chi connectivity index (χ4v) is 1.84. The van der Waals surface area contributed by atoms with Gasteiger partial charge in [0.15, 0.2) is 0 Å². The van der Waals surface area contributed by atoms with Crippen molar-refractivity contribution >= 4 is 11.6 Å². The summed E-state index contributed by atoms with van der Waals surface area (Å²) in [6, 6.07) is 10.6. The van der Waals surface area contributed by atoms with Gasteiger partial charge in [0.2, 0.25) is 0 Å². The Morgan fingerprint density at radius 1 is 0.889 bits per heavy atom. The van der Waals surface area contributed by atoms with Crippen LogP contribution in [0.4, 0.5) is 8.78 Å². The molecule has 4 heteroatoms. The second kappa shape index (κ2) is 5.94. The van der Waals surface area contributed by atoms with Crippen LogP contribution in [0.2, 0.25) is 5.02 Å². The van der Waals surface area contributed by atoms with E-state index in [-0.39, 0.29) is 11.6 Å². The maximum atomic E-state index is 12.8. The van der Waals surface area contributed by atoms with Crippen LogP contribution in [0, 0.1) is 11.6 Å². The van der Waals surface area contributed by atoms with Crippen LogP contribution < -0.4 is 5.32 Å². The van der Waals surface area contributed by atoms with Gasteiger partial charge in [-0.05, 0) is 35.4 Å². The number of benzene rings is 2. The van der Waals surface area contributed by atoms with Crippen LogP contribution in [0.5, 0.6) is 0 Å². The third-order valence-electron chi connectivity index (χ3n) is 2.57. The van der Waals surface area contributed by atoms with Gasteiger partial charge in [0.1, 0.15) is 11.6 Å². The summed E-state index contributed by atoms with van der Waals surface area (Å²) in [6.07, 6.45) is 0. The van der Waals surface area contributed by atoms with E-state index in [1.807, 2.05) is 0 Å². The lowest BCUT2D eigenvalue weighted by molar-refractivity contribution is 0.623. The molecule has 94 valence electrons. The molecule has 0 heterocycles. The molecule has 2 rings (SSSR count). The fourth-order valence-electron chi connectivity index (χ4n) is 1.61. The molecule has 0 aromatic heterocycles. The van der Waals surface area contributed by atoms with E-state index in [0.717, 1.165) is 11.1 Å². The van der Waals surface area contributed by atoms with Crippen molar-refractivity contribution in [3.63, 3.8) is 0 Å². The molecule has 1 nitrogen and oxygen atoms in total. The molecule has 0 amide bonds. The van der Waals surface area contributed by atoms with Crippen molar-refractivity contribution in [2.45, 2.75) is 13.1 Å². The zero-order valence-corrected chi connectivity index (χ0v) is 10.3. The number of rotatable bonds is 4. The lowest BCUT2D eigenvalue weighted by Crippen LogP contribution is -2.13. The molecule has 0 bridgehead atoms. The fraction of sp³-hybridized carbons (Fsp3) is 0.143.